The molecule has 0 saturated heterocycles. The molecule has 0 heterocycles. The van der Waals surface area contributed by atoms with Gasteiger partial charge in [0.05, 0.1) is 6.10 Å². The lowest BCUT2D eigenvalue weighted by molar-refractivity contribution is 0.0812. The maximum absolute atomic E-state index is 10.3. The van der Waals surface area contributed by atoms with Crippen molar-refractivity contribution in [1.29, 1.82) is 0 Å². The van der Waals surface area contributed by atoms with Crippen LogP contribution in [0.15, 0.2) is 42.5 Å². The molecule has 1 aliphatic rings. The van der Waals surface area contributed by atoms with Gasteiger partial charge in [0.1, 0.15) is 0 Å². The lowest BCUT2D eigenvalue weighted by atomic mass is 9.78. The summed E-state index contributed by atoms with van der Waals surface area (Å²) in [6.45, 7) is 0.133. The Balaban J connectivity index is 2.15. The van der Waals surface area contributed by atoms with Crippen molar-refractivity contribution in [2.24, 2.45) is 5.92 Å². The lowest BCUT2D eigenvalue weighted by Gasteiger charge is -2.31. The molecule has 0 aromatic heterocycles. The molecular weight excluding hydrogens is 200 g/mol. The maximum Gasteiger partial charge on any atom is 0.0675 e. The summed E-state index contributed by atoms with van der Waals surface area (Å²) < 4.78 is 0. The summed E-state index contributed by atoms with van der Waals surface area (Å²) in [5, 5.41) is 19.2. The Morgan fingerprint density at radius 3 is 2.62 bits per heavy atom. The summed E-state index contributed by atoms with van der Waals surface area (Å²) in [6, 6.07) is 10.1. The number of hydrogen-bond acceptors (Lipinski definition) is 2. The first-order valence-corrected chi connectivity index (χ1v) is 5.83. The van der Waals surface area contributed by atoms with E-state index in [1.807, 2.05) is 24.3 Å². The molecular formula is C14H18O2. The SMILES string of the molecule is OCC[C@@H]1C=CC[C@@H](c2ccccc2)[C@@H]1O. The third-order valence-corrected chi connectivity index (χ3v) is 3.31. The Kier molecular flexibility index (Phi) is 3.75. The van der Waals surface area contributed by atoms with Gasteiger partial charge in [-0.2, -0.15) is 0 Å². The van der Waals surface area contributed by atoms with E-state index in [0.29, 0.717) is 6.42 Å². The molecule has 0 saturated carbocycles. The molecule has 2 N–H and O–H groups in total. The van der Waals surface area contributed by atoms with Crippen LogP contribution in [0.25, 0.3) is 0 Å². The lowest BCUT2D eigenvalue weighted by Crippen LogP contribution is -2.29. The molecule has 1 aromatic rings. The van der Waals surface area contributed by atoms with E-state index in [4.69, 9.17) is 5.11 Å². The minimum Gasteiger partial charge on any atom is -0.396 e. The van der Waals surface area contributed by atoms with Crippen molar-refractivity contribution in [3.05, 3.63) is 48.0 Å². The number of aliphatic hydroxyl groups excluding tert-OH is 2. The van der Waals surface area contributed by atoms with Gasteiger partial charge in [-0.1, -0.05) is 42.5 Å². The van der Waals surface area contributed by atoms with Crippen LogP contribution in [0.3, 0.4) is 0 Å². The van der Waals surface area contributed by atoms with Gasteiger partial charge in [-0.15, -0.1) is 0 Å². The average Bonchev–Trinajstić information content (AvgIpc) is 2.33. The quantitative estimate of drug-likeness (QED) is 0.763. The highest BCUT2D eigenvalue weighted by Gasteiger charge is 2.28. The van der Waals surface area contributed by atoms with Gasteiger partial charge in [0, 0.05) is 18.4 Å². The molecule has 0 radical (unpaired) electrons. The van der Waals surface area contributed by atoms with E-state index in [1.165, 1.54) is 5.56 Å². The van der Waals surface area contributed by atoms with Gasteiger partial charge in [0.2, 0.25) is 0 Å². The molecule has 3 atom stereocenters. The summed E-state index contributed by atoms with van der Waals surface area (Å²) in [7, 11) is 0. The molecule has 0 unspecified atom stereocenters. The van der Waals surface area contributed by atoms with Gasteiger partial charge in [0.25, 0.3) is 0 Å². The van der Waals surface area contributed by atoms with Crippen molar-refractivity contribution in [3.63, 3.8) is 0 Å². The van der Waals surface area contributed by atoms with Gasteiger partial charge in [0.15, 0.2) is 0 Å². The fourth-order valence-corrected chi connectivity index (χ4v) is 2.40. The van der Waals surface area contributed by atoms with Crippen molar-refractivity contribution >= 4 is 0 Å². The Morgan fingerprint density at radius 2 is 1.94 bits per heavy atom. The normalized spacial score (nSPS) is 29.2. The molecule has 1 aliphatic carbocycles. The summed E-state index contributed by atoms with van der Waals surface area (Å²) in [6.07, 6.45) is 5.29. The molecule has 16 heavy (non-hydrogen) atoms. The zero-order valence-electron chi connectivity index (χ0n) is 9.29. The van der Waals surface area contributed by atoms with Crippen LogP contribution in [-0.2, 0) is 0 Å². The molecule has 0 amide bonds. The minimum atomic E-state index is -0.375. The Labute approximate surface area is 96.2 Å². The van der Waals surface area contributed by atoms with Gasteiger partial charge >= 0.3 is 0 Å². The third kappa shape index (κ3) is 2.34. The molecule has 1 aromatic carbocycles. The predicted octanol–water partition coefficient (Wildman–Crippen LogP) is 2.09. The van der Waals surface area contributed by atoms with Crippen LogP contribution >= 0.6 is 0 Å². The first-order valence-electron chi connectivity index (χ1n) is 5.83. The Hall–Kier alpha value is -1.12. The molecule has 2 rings (SSSR count). The van der Waals surface area contributed by atoms with Crippen LogP contribution in [0.1, 0.15) is 24.3 Å². The molecule has 0 fully saturated rings. The molecule has 2 nitrogen and oxygen atoms in total. The topological polar surface area (TPSA) is 40.5 Å². The van der Waals surface area contributed by atoms with E-state index in [9.17, 15) is 5.11 Å². The molecule has 86 valence electrons. The smallest absolute Gasteiger partial charge is 0.0675 e. The van der Waals surface area contributed by atoms with Crippen molar-refractivity contribution < 1.29 is 10.2 Å². The van der Waals surface area contributed by atoms with Crippen molar-refractivity contribution in [2.45, 2.75) is 24.9 Å². The highest BCUT2D eigenvalue weighted by Crippen LogP contribution is 2.33. The predicted molar refractivity (Wildman–Crippen MR) is 64.1 cm³/mol. The Morgan fingerprint density at radius 1 is 1.19 bits per heavy atom. The highest BCUT2D eigenvalue weighted by atomic mass is 16.3. The fourth-order valence-electron chi connectivity index (χ4n) is 2.40. The summed E-state index contributed by atoms with van der Waals surface area (Å²) in [5.74, 6) is 0.256. The summed E-state index contributed by atoms with van der Waals surface area (Å²) in [4.78, 5) is 0. The second kappa shape index (κ2) is 5.28. The van der Waals surface area contributed by atoms with Gasteiger partial charge in [-0.25, -0.2) is 0 Å². The van der Waals surface area contributed by atoms with E-state index >= 15 is 0 Å². The minimum absolute atomic E-state index is 0.0870. The van der Waals surface area contributed by atoms with Crippen molar-refractivity contribution in [1.82, 2.24) is 0 Å². The zero-order chi connectivity index (χ0) is 11.4. The van der Waals surface area contributed by atoms with E-state index in [2.05, 4.69) is 18.2 Å². The number of allylic oxidation sites excluding steroid dienone is 1. The number of benzene rings is 1. The van der Waals surface area contributed by atoms with Crippen LogP contribution in [0.5, 0.6) is 0 Å². The van der Waals surface area contributed by atoms with Crippen LogP contribution in [0.4, 0.5) is 0 Å². The number of aliphatic hydroxyl groups is 2. The summed E-state index contributed by atoms with van der Waals surface area (Å²) >= 11 is 0. The van der Waals surface area contributed by atoms with Crippen molar-refractivity contribution in [2.75, 3.05) is 6.61 Å². The van der Waals surface area contributed by atoms with Crippen molar-refractivity contribution in [3.8, 4) is 0 Å². The molecule has 2 heteroatoms. The zero-order valence-corrected chi connectivity index (χ0v) is 9.29. The van der Waals surface area contributed by atoms with E-state index in [0.717, 1.165) is 6.42 Å². The average molecular weight is 218 g/mol. The standard InChI is InChI=1S/C14H18O2/c15-10-9-12-7-4-8-13(14(12)16)11-5-2-1-3-6-11/h1-7,12-16H,8-10H2/t12-,13-,14+/m0/s1. The number of rotatable bonds is 3. The maximum atomic E-state index is 10.3. The fraction of sp³-hybridized carbons (Fsp3) is 0.429. The van der Waals surface area contributed by atoms with Gasteiger partial charge < -0.3 is 10.2 Å². The van der Waals surface area contributed by atoms with Gasteiger partial charge in [-0.3, -0.25) is 0 Å². The second-order valence-electron chi connectivity index (χ2n) is 4.35. The van der Waals surface area contributed by atoms with Gasteiger partial charge in [-0.05, 0) is 18.4 Å². The van der Waals surface area contributed by atoms with E-state index < -0.39 is 0 Å². The molecule has 0 spiro atoms. The molecule has 0 aliphatic heterocycles. The highest BCUT2D eigenvalue weighted by molar-refractivity contribution is 5.24. The van der Waals surface area contributed by atoms with Crippen LogP contribution < -0.4 is 0 Å². The largest absolute Gasteiger partial charge is 0.396 e. The first kappa shape index (κ1) is 11.4. The van der Waals surface area contributed by atoms with E-state index in [-0.39, 0.29) is 24.5 Å². The van der Waals surface area contributed by atoms with Crippen LogP contribution in [0, 0.1) is 5.92 Å². The van der Waals surface area contributed by atoms with E-state index in [1.54, 1.807) is 0 Å². The Bertz CT molecular complexity index is 345. The monoisotopic (exact) mass is 218 g/mol. The van der Waals surface area contributed by atoms with Crippen LogP contribution in [-0.4, -0.2) is 22.9 Å². The number of hydrogen-bond donors (Lipinski definition) is 2. The third-order valence-electron chi connectivity index (χ3n) is 3.31. The van der Waals surface area contributed by atoms with Crippen LogP contribution in [0.2, 0.25) is 0 Å². The molecule has 0 bridgehead atoms. The second-order valence-corrected chi connectivity index (χ2v) is 4.35. The summed E-state index contributed by atoms with van der Waals surface area (Å²) in [5.41, 5.74) is 1.18. The first-order chi connectivity index (χ1) is 7.83.